The Morgan fingerprint density at radius 1 is 1.60 bits per heavy atom. The summed E-state index contributed by atoms with van der Waals surface area (Å²) in [6, 6.07) is 3.20. The van der Waals surface area contributed by atoms with E-state index in [-0.39, 0.29) is 17.1 Å². The number of benzene rings is 1. The van der Waals surface area contributed by atoms with Gasteiger partial charge in [-0.1, -0.05) is 18.5 Å². The van der Waals surface area contributed by atoms with E-state index in [4.69, 9.17) is 15.7 Å². The largest absolute Gasteiger partial charge is 0.494 e. The minimum absolute atomic E-state index is 0.0199. The quantitative estimate of drug-likeness (QED) is 0.319. The van der Waals surface area contributed by atoms with Gasteiger partial charge in [0, 0.05) is 5.56 Å². The van der Waals surface area contributed by atoms with Crippen LogP contribution in [0, 0.1) is 5.82 Å². The van der Waals surface area contributed by atoms with E-state index < -0.39 is 17.8 Å². The Labute approximate surface area is 116 Å². The molecule has 0 spiro atoms. The predicted molar refractivity (Wildman–Crippen MR) is 72.5 cm³/mol. The summed E-state index contributed by atoms with van der Waals surface area (Å²) in [6.07, 6.45) is 1.27. The molecule has 0 aliphatic carbocycles. The standard InChI is InChI=1S/C13H18FN3O3/c1-3-4-10(12(15)17-19)16-13(18)8-5-6-9(14)11(7-8)20-2/h5-7,10,19H,3-4H2,1-2H3,(H2,15,17)(H,16,18). The van der Waals surface area contributed by atoms with Gasteiger partial charge in [0.05, 0.1) is 13.2 Å². The molecule has 1 unspecified atom stereocenters. The Morgan fingerprint density at radius 3 is 2.85 bits per heavy atom. The van der Waals surface area contributed by atoms with Crippen LogP contribution >= 0.6 is 0 Å². The summed E-state index contributed by atoms with van der Waals surface area (Å²) in [5.74, 6) is -1.10. The summed E-state index contributed by atoms with van der Waals surface area (Å²) in [5, 5.41) is 14.2. The Hall–Kier alpha value is -2.31. The fourth-order valence-electron chi connectivity index (χ4n) is 1.69. The predicted octanol–water partition coefficient (Wildman–Crippen LogP) is 1.48. The first-order valence-electron chi connectivity index (χ1n) is 6.15. The molecule has 0 heterocycles. The molecule has 0 aliphatic rings. The van der Waals surface area contributed by atoms with Gasteiger partial charge in [0.15, 0.2) is 17.4 Å². The Morgan fingerprint density at radius 2 is 2.30 bits per heavy atom. The Balaban J connectivity index is 2.89. The second kappa shape index (κ2) is 7.32. The van der Waals surface area contributed by atoms with Crippen LogP contribution in [-0.2, 0) is 0 Å². The van der Waals surface area contributed by atoms with Gasteiger partial charge in [-0.2, -0.15) is 0 Å². The smallest absolute Gasteiger partial charge is 0.252 e. The van der Waals surface area contributed by atoms with Crippen molar-refractivity contribution in [3.63, 3.8) is 0 Å². The fourth-order valence-corrected chi connectivity index (χ4v) is 1.69. The molecule has 110 valence electrons. The fraction of sp³-hybridized carbons (Fsp3) is 0.385. The van der Waals surface area contributed by atoms with E-state index in [9.17, 15) is 9.18 Å². The SMILES string of the molecule is CCCC(NC(=O)c1ccc(F)c(OC)c1)/C(N)=N/O. The normalized spacial score (nSPS) is 12.8. The highest BCUT2D eigenvalue weighted by Gasteiger charge is 2.18. The molecule has 7 heteroatoms. The van der Waals surface area contributed by atoms with E-state index in [0.717, 1.165) is 12.5 Å². The number of ether oxygens (including phenoxy) is 1. The highest BCUT2D eigenvalue weighted by Crippen LogP contribution is 2.18. The van der Waals surface area contributed by atoms with E-state index in [2.05, 4.69) is 10.5 Å². The number of rotatable bonds is 6. The van der Waals surface area contributed by atoms with Crippen molar-refractivity contribution in [1.29, 1.82) is 0 Å². The molecule has 1 amide bonds. The first-order chi connectivity index (χ1) is 9.53. The molecular formula is C13H18FN3O3. The van der Waals surface area contributed by atoms with Crippen molar-refractivity contribution in [2.24, 2.45) is 10.9 Å². The molecule has 20 heavy (non-hydrogen) atoms. The van der Waals surface area contributed by atoms with Gasteiger partial charge in [-0.15, -0.1) is 0 Å². The molecule has 0 fully saturated rings. The zero-order chi connectivity index (χ0) is 15.1. The third-order valence-electron chi connectivity index (χ3n) is 2.77. The molecular weight excluding hydrogens is 265 g/mol. The number of nitrogens with one attached hydrogen (secondary N) is 1. The van der Waals surface area contributed by atoms with Gasteiger partial charge in [-0.05, 0) is 24.6 Å². The summed E-state index contributed by atoms with van der Waals surface area (Å²) in [4.78, 5) is 12.0. The van der Waals surface area contributed by atoms with Gasteiger partial charge in [-0.3, -0.25) is 4.79 Å². The lowest BCUT2D eigenvalue weighted by Crippen LogP contribution is -2.44. The van der Waals surface area contributed by atoms with Crippen LogP contribution in [0.5, 0.6) is 5.75 Å². The monoisotopic (exact) mass is 283 g/mol. The molecule has 0 bridgehead atoms. The maximum absolute atomic E-state index is 13.3. The van der Waals surface area contributed by atoms with E-state index in [1.807, 2.05) is 6.92 Å². The van der Waals surface area contributed by atoms with Crippen molar-refractivity contribution in [1.82, 2.24) is 5.32 Å². The van der Waals surface area contributed by atoms with Crippen LogP contribution in [0.3, 0.4) is 0 Å². The number of nitrogens with zero attached hydrogens (tertiary/aromatic N) is 1. The third-order valence-corrected chi connectivity index (χ3v) is 2.77. The molecule has 0 saturated carbocycles. The number of carbonyl (C=O) groups is 1. The van der Waals surface area contributed by atoms with Crippen molar-refractivity contribution in [2.75, 3.05) is 7.11 Å². The van der Waals surface area contributed by atoms with Crippen molar-refractivity contribution >= 4 is 11.7 Å². The minimum atomic E-state index is -0.575. The topological polar surface area (TPSA) is 96.9 Å². The number of halogens is 1. The van der Waals surface area contributed by atoms with Crippen LogP contribution in [0.15, 0.2) is 23.4 Å². The molecule has 0 aromatic heterocycles. The number of amidine groups is 1. The van der Waals surface area contributed by atoms with E-state index in [1.165, 1.54) is 19.2 Å². The lowest BCUT2D eigenvalue weighted by molar-refractivity contribution is 0.0944. The van der Waals surface area contributed by atoms with E-state index in [1.54, 1.807) is 0 Å². The van der Waals surface area contributed by atoms with Crippen LogP contribution in [0.2, 0.25) is 0 Å². The third kappa shape index (κ3) is 3.84. The van der Waals surface area contributed by atoms with Crippen LogP contribution in [0.1, 0.15) is 30.1 Å². The first-order valence-corrected chi connectivity index (χ1v) is 6.15. The minimum Gasteiger partial charge on any atom is -0.494 e. The number of carbonyl (C=O) groups excluding carboxylic acids is 1. The second-order valence-electron chi connectivity index (χ2n) is 4.19. The number of methoxy groups -OCH3 is 1. The van der Waals surface area contributed by atoms with Gasteiger partial charge in [-0.25, -0.2) is 4.39 Å². The first kappa shape index (κ1) is 15.7. The molecule has 0 saturated heterocycles. The number of oxime groups is 1. The summed E-state index contributed by atoms with van der Waals surface area (Å²) in [6.45, 7) is 1.91. The van der Waals surface area contributed by atoms with Crippen molar-refractivity contribution in [2.45, 2.75) is 25.8 Å². The maximum atomic E-state index is 13.3. The zero-order valence-corrected chi connectivity index (χ0v) is 11.4. The number of hydrogen-bond donors (Lipinski definition) is 3. The Bertz CT molecular complexity index is 506. The molecule has 1 aromatic carbocycles. The molecule has 0 radical (unpaired) electrons. The molecule has 0 aliphatic heterocycles. The number of nitrogens with two attached hydrogens (primary N) is 1. The van der Waals surface area contributed by atoms with Crippen molar-refractivity contribution < 1.29 is 19.1 Å². The maximum Gasteiger partial charge on any atom is 0.252 e. The lowest BCUT2D eigenvalue weighted by atomic mass is 10.1. The average molecular weight is 283 g/mol. The van der Waals surface area contributed by atoms with Crippen molar-refractivity contribution in [3.8, 4) is 5.75 Å². The van der Waals surface area contributed by atoms with Crippen molar-refractivity contribution in [3.05, 3.63) is 29.6 Å². The summed E-state index contributed by atoms with van der Waals surface area (Å²) < 4.78 is 18.1. The summed E-state index contributed by atoms with van der Waals surface area (Å²) in [5.41, 5.74) is 5.74. The lowest BCUT2D eigenvalue weighted by Gasteiger charge is -2.16. The van der Waals surface area contributed by atoms with E-state index >= 15 is 0 Å². The second-order valence-corrected chi connectivity index (χ2v) is 4.19. The Kier molecular flexibility index (Phi) is 5.76. The van der Waals surface area contributed by atoms with Gasteiger partial charge in [0.25, 0.3) is 5.91 Å². The highest BCUT2D eigenvalue weighted by molar-refractivity contribution is 5.98. The number of amides is 1. The molecule has 1 rings (SSSR count). The molecule has 6 nitrogen and oxygen atoms in total. The van der Waals surface area contributed by atoms with Crippen LogP contribution in [-0.4, -0.2) is 30.1 Å². The molecule has 4 N–H and O–H groups in total. The van der Waals surface area contributed by atoms with Gasteiger partial charge in [0.1, 0.15) is 0 Å². The molecule has 1 atom stereocenters. The average Bonchev–Trinajstić information content (AvgIpc) is 2.46. The summed E-state index contributed by atoms with van der Waals surface area (Å²) in [7, 11) is 1.32. The highest BCUT2D eigenvalue weighted by atomic mass is 19.1. The van der Waals surface area contributed by atoms with Gasteiger partial charge in [0.2, 0.25) is 0 Å². The van der Waals surface area contributed by atoms with E-state index in [0.29, 0.717) is 6.42 Å². The zero-order valence-electron chi connectivity index (χ0n) is 11.4. The summed E-state index contributed by atoms with van der Waals surface area (Å²) >= 11 is 0. The van der Waals surface area contributed by atoms with Crippen LogP contribution in [0.25, 0.3) is 0 Å². The van der Waals surface area contributed by atoms with Gasteiger partial charge < -0.3 is 21.0 Å². The van der Waals surface area contributed by atoms with Gasteiger partial charge >= 0.3 is 0 Å². The number of hydrogen-bond acceptors (Lipinski definition) is 4. The molecule has 1 aromatic rings. The van der Waals surface area contributed by atoms with Crippen LogP contribution < -0.4 is 15.8 Å². The van der Waals surface area contributed by atoms with Crippen LogP contribution in [0.4, 0.5) is 4.39 Å².